The summed E-state index contributed by atoms with van der Waals surface area (Å²) in [7, 11) is 0. The number of carbonyl (C=O) groups is 1. The zero-order chi connectivity index (χ0) is 13.8. The van der Waals surface area contributed by atoms with Gasteiger partial charge in [-0.3, -0.25) is 0 Å². The lowest BCUT2D eigenvalue weighted by molar-refractivity contribution is 0.0698. The van der Waals surface area contributed by atoms with Gasteiger partial charge in [0, 0.05) is 22.4 Å². The van der Waals surface area contributed by atoms with E-state index in [2.05, 4.69) is 21.2 Å². The second-order valence-electron chi connectivity index (χ2n) is 4.06. The van der Waals surface area contributed by atoms with Gasteiger partial charge in [0.15, 0.2) is 0 Å². The maximum absolute atomic E-state index is 11.1. The number of hydrogen-bond donors (Lipinski definition) is 3. The largest absolute Gasteiger partial charge is 0.478 e. The summed E-state index contributed by atoms with van der Waals surface area (Å²) in [5.74, 6) is -0.998. The molecule has 4 N–H and O–H groups in total. The fourth-order valence-electron chi connectivity index (χ4n) is 1.73. The number of carboxylic acid groups (broad SMARTS) is 1. The van der Waals surface area contributed by atoms with Crippen LogP contribution in [0.3, 0.4) is 0 Å². The van der Waals surface area contributed by atoms with Crippen molar-refractivity contribution in [3.05, 3.63) is 58.1 Å². The van der Waals surface area contributed by atoms with E-state index >= 15 is 0 Å². The minimum atomic E-state index is -0.998. The summed E-state index contributed by atoms with van der Waals surface area (Å²) < 4.78 is 0.981. The van der Waals surface area contributed by atoms with Crippen molar-refractivity contribution in [2.24, 2.45) is 0 Å². The molecule has 0 bridgehead atoms. The van der Waals surface area contributed by atoms with Crippen LogP contribution in [0.2, 0.25) is 0 Å². The van der Waals surface area contributed by atoms with Crippen molar-refractivity contribution in [1.29, 1.82) is 0 Å². The highest BCUT2D eigenvalue weighted by molar-refractivity contribution is 9.10. The number of halogens is 1. The third-order valence-electron chi connectivity index (χ3n) is 2.70. The van der Waals surface area contributed by atoms with E-state index in [0.717, 1.165) is 10.0 Å². The molecule has 0 heterocycles. The number of nitrogens with one attached hydrogen (secondary N) is 1. The number of hydrogen-bond acceptors (Lipinski definition) is 3. The van der Waals surface area contributed by atoms with Gasteiger partial charge in [0.1, 0.15) is 0 Å². The molecule has 4 nitrogen and oxygen atoms in total. The molecule has 5 heteroatoms. The SMILES string of the molecule is Nc1ccc(NCc2ccccc2Br)c(C(=O)O)c1. The molecule has 0 aromatic heterocycles. The Hall–Kier alpha value is -2.01. The molecule has 0 amide bonds. The maximum Gasteiger partial charge on any atom is 0.337 e. The van der Waals surface area contributed by atoms with Gasteiger partial charge >= 0.3 is 5.97 Å². The molecule has 0 radical (unpaired) electrons. The van der Waals surface area contributed by atoms with Crippen molar-refractivity contribution < 1.29 is 9.90 Å². The lowest BCUT2D eigenvalue weighted by Crippen LogP contribution is -2.07. The van der Waals surface area contributed by atoms with E-state index in [9.17, 15) is 4.79 Å². The number of nitrogens with two attached hydrogens (primary N) is 1. The van der Waals surface area contributed by atoms with E-state index in [4.69, 9.17) is 10.8 Å². The molecule has 0 fully saturated rings. The van der Waals surface area contributed by atoms with Crippen molar-refractivity contribution in [1.82, 2.24) is 0 Å². The summed E-state index contributed by atoms with van der Waals surface area (Å²) in [5.41, 5.74) is 7.81. The first-order valence-electron chi connectivity index (χ1n) is 5.68. The van der Waals surface area contributed by atoms with E-state index in [1.54, 1.807) is 12.1 Å². The van der Waals surface area contributed by atoms with Crippen molar-refractivity contribution in [2.45, 2.75) is 6.54 Å². The van der Waals surface area contributed by atoms with Crippen LogP contribution in [0.15, 0.2) is 46.9 Å². The molecule has 0 saturated heterocycles. The Bertz CT molecular complexity index is 614. The van der Waals surface area contributed by atoms with Crippen LogP contribution < -0.4 is 11.1 Å². The first kappa shape index (κ1) is 13.4. The Balaban J connectivity index is 2.20. The number of rotatable bonds is 4. The average Bonchev–Trinajstić information content (AvgIpc) is 2.38. The highest BCUT2D eigenvalue weighted by Crippen LogP contribution is 2.22. The van der Waals surface area contributed by atoms with Crippen LogP contribution >= 0.6 is 15.9 Å². The van der Waals surface area contributed by atoms with Crippen LogP contribution in [0.5, 0.6) is 0 Å². The quantitative estimate of drug-likeness (QED) is 0.755. The fourth-order valence-corrected chi connectivity index (χ4v) is 2.15. The Kier molecular flexibility index (Phi) is 4.06. The van der Waals surface area contributed by atoms with E-state index < -0.39 is 5.97 Å². The third kappa shape index (κ3) is 3.26. The molecule has 98 valence electrons. The average molecular weight is 321 g/mol. The summed E-state index contributed by atoms with van der Waals surface area (Å²) in [6, 6.07) is 12.6. The summed E-state index contributed by atoms with van der Waals surface area (Å²) in [4.78, 5) is 11.1. The Morgan fingerprint density at radius 3 is 2.68 bits per heavy atom. The molecule has 0 saturated carbocycles. The predicted octanol–water partition coefficient (Wildman–Crippen LogP) is 3.34. The first-order chi connectivity index (χ1) is 9.08. The second-order valence-corrected chi connectivity index (χ2v) is 4.91. The van der Waals surface area contributed by atoms with Gasteiger partial charge in [0.2, 0.25) is 0 Å². The van der Waals surface area contributed by atoms with Crippen molar-refractivity contribution >= 4 is 33.3 Å². The lowest BCUT2D eigenvalue weighted by Gasteiger charge is -2.11. The van der Waals surface area contributed by atoms with Crippen molar-refractivity contribution in [2.75, 3.05) is 11.1 Å². The zero-order valence-electron chi connectivity index (χ0n) is 10.1. The van der Waals surface area contributed by atoms with Crippen LogP contribution in [-0.2, 0) is 6.54 Å². The summed E-state index contributed by atoms with van der Waals surface area (Å²) >= 11 is 3.45. The Morgan fingerprint density at radius 2 is 2.00 bits per heavy atom. The lowest BCUT2D eigenvalue weighted by atomic mass is 10.1. The minimum absolute atomic E-state index is 0.173. The number of nitrogen functional groups attached to an aromatic ring is 1. The normalized spacial score (nSPS) is 10.2. The molecule has 0 aliphatic rings. The van der Waals surface area contributed by atoms with E-state index in [1.165, 1.54) is 6.07 Å². The highest BCUT2D eigenvalue weighted by Gasteiger charge is 2.10. The van der Waals surface area contributed by atoms with E-state index in [0.29, 0.717) is 17.9 Å². The molecule has 0 aliphatic heterocycles. The number of aromatic carboxylic acids is 1. The molecule has 2 aromatic carbocycles. The van der Waals surface area contributed by atoms with Crippen LogP contribution in [0, 0.1) is 0 Å². The fraction of sp³-hybridized carbons (Fsp3) is 0.0714. The van der Waals surface area contributed by atoms with Gasteiger partial charge in [-0.1, -0.05) is 34.1 Å². The molecule has 0 aliphatic carbocycles. The topological polar surface area (TPSA) is 75.3 Å². The minimum Gasteiger partial charge on any atom is -0.478 e. The second kappa shape index (κ2) is 5.75. The van der Waals surface area contributed by atoms with E-state index in [-0.39, 0.29) is 5.56 Å². The van der Waals surface area contributed by atoms with Gasteiger partial charge in [0.05, 0.1) is 5.56 Å². The molecule has 19 heavy (non-hydrogen) atoms. The molecule has 2 aromatic rings. The van der Waals surface area contributed by atoms with Crippen LogP contribution in [0.1, 0.15) is 15.9 Å². The maximum atomic E-state index is 11.1. The van der Waals surface area contributed by atoms with Crippen molar-refractivity contribution in [3.8, 4) is 0 Å². The van der Waals surface area contributed by atoms with Gasteiger partial charge < -0.3 is 16.2 Å². The summed E-state index contributed by atoms with van der Waals surface area (Å²) in [5, 5.41) is 12.2. The van der Waals surface area contributed by atoms with Crippen LogP contribution in [0.25, 0.3) is 0 Å². The van der Waals surface area contributed by atoms with Gasteiger partial charge in [-0.2, -0.15) is 0 Å². The smallest absolute Gasteiger partial charge is 0.337 e. The molecular formula is C14H13BrN2O2. The third-order valence-corrected chi connectivity index (χ3v) is 3.47. The first-order valence-corrected chi connectivity index (χ1v) is 6.47. The molecular weight excluding hydrogens is 308 g/mol. The monoisotopic (exact) mass is 320 g/mol. The molecule has 0 spiro atoms. The van der Waals surface area contributed by atoms with Crippen LogP contribution in [-0.4, -0.2) is 11.1 Å². The Morgan fingerprint density at radius 1 is 1.26 bits per heavy atom. The molecule has 2 rings (SSSR count). The number of carboxylic acids is 1. The van der Waals surface area contributed by atoms with Crippen LogP contribution in [0.4, 0.5) is 11.4 Å². The Labute approximate surface area is 119 Å². The number of anilines is 2. The number of benzene rings is 2. The van der Waals surface area contributed by atoms with Gasteiger partial charge in [-0.15, -0.1) is 0 Å². The van der Waals surface area contributed by atoms with E-state index in [1.807, 2.05) is 24.3 Å². The molecule has 0 unspecified atom stereocenters. The summed E-state index contributed by atoms with van der Waals surface area (Å²) in [6.45, 7) is 0.533. The predicted molar refractivity (Wildman–Crippen MR) is 79.3 cm³/mol. The van der Waals surface area contributed by atoms with Crippen molar-refractivity contribution in [3.63, 3.8) is 0 Å². The summed E-state index contributed by atoms with van der Waals surface area (Å²) in [6.07, 6.45) is 0. The standard InChI is InChI=1S/C14H13BrN2O2/c15-12-4-2-1-3-9(12)8-17-13-6-5-10(16)7-11(13)14(18)19/h1-7,17H,8,16H2,(H,18,19). The van der Waals surface area contributed by atoms with Gasteiger partial charge in [-0.25, -0.2) is 4.79 Å². The highest BCUT2D eigenvalue weighted by atomic mass is 79.9. The molecule has 0 atom stereocenters. The van der Waals surface area contributed by atoms with Gasteiger partial charge in [-0.05, 0) is 29.8 Å². The zero-order valence-corrected chi connectivity index (χ0v) is 11.6. The van der Waals surface area contributed by atoms with Gasteiger partial charge in [0.25, 0.3) is 0 Å².